The molecule has 0 fully saturated rings. The average molecular weight is 319 g/mol. The van der Waals surface area contributed by atoms with Gasteiger partial charge in [0.1, 0.15) is 25.9 Å². The average Bonchev–Trinajstić information content (AvgIpc) is 2.97. The summed E-state index contributed by atoms with van der Waals surface area (Å²) in [5.74, 6) is -1.12. The molecule has 0 amide bonds. The number of hydrogen-bond donors (Lipinski definition) is 0. The molecule has 2 aromatic rings. The summed E-state index contributed by atoms with van der Waals surface area (Å²) >= 11 is 11.4. The highest BCUT2D eigenvalue weighted by molar-refractivity contribution is 6.58. The Morgan fingerprint density at radius 1 is 0.900 bits per heavy atom. The largest absolute Gasteiger partial charge is 0.433 e. The van der Waals surface area contributed by atoms with Crippen LogP contribution in [0.3, 0.4) is 0 Å². The highest BCUT2D eigenvalue weighted by Crippen LogP contribution is 2.35. The molecule has 0 spiro atoms. The van der Waals surface area contributed by atoms with E-state index in [2.05, 4.69) is 0 Å². The molecule has 0 unspecified atom stereocenters. The van der Waals surface area contributed by atoms with E-state index in [-0.39, 0.29) is 21.6 Å². The number of rotatable bonds is 4. The fourth-order valence-corrected chi connectivity index (χ4v) is 1.80. The van der Waals surface area contributed by atoms with Gasteiger partial charge in [-0.3, -0.25) is 20.2 Å². The van der Waals surface area contributed by atoms with E-state index in [1.807, 2.05) is 0 Å². The quantitative estimate of drug-likeness (QED) is 0.624. The summed E-state index contributed by atoms with van der Waals surface area (Å²) in [5.41, 5.74) is -0.0190. The lowest BCUT2D eigenvalue weighted by molar-refractivity contribution is -0.402. The monoisotopic (exact) mass is 318 g/mol. The van der Waals surface area contributed by atoms with Gasteiger partial charge in [-0.05, 0) is 12.1 Å². The second-order valence-corrected chi connectivity index (χ2v) is 4.37. The second kappa shape index (κ2) is 5.35. The third-order valence-electron chi connectivity index (χ3n) is 2.23. The van der Waals surface area contributed by atoms with Crippen molar-refractivity contribution in [2.45, 2.75) is 0 Å². The van der Waals surface area contributed by atoms with Crippen LogP contribution in [-0.2, 0) is 0 Å². The summed E-state index contributed by atoms with van der Waals surface area (Å²) in [4.78, 5) is 19.6. The lowest BCUT2D eigenvalue weighted by atomic mass is 10.2. The van der Waals surface area contributed by atoms with Gasteiger partial charge in [0.25, 0.3) is 0 Å². The van der Waals surface area contributed by atoms with Gasteiger partial charge in [0, 0.05) is 0 Å². The van der Waals surface area contributed by atoms with Gasteiger partial charge in [0.05, 0.1) is 17.7 Å². The molecule has 0 bridgehead atoms. The minimum Gasteiger partial charge on any atom is -0.400 e. The minimum atomic E-state index is -0.742. The molecule has 2 aromatic heterocycles. The van der Waals surface area contributed by atoms with E-state index >= 15 is 0 Å². The van der Waals surface area contributed by atoms with Crippen LogP contribution >= 0.6 is 23.2 Å². The zero-order valence-electron chi connectivity index (χ0n) is 9.41. The summed E-state index contributed by atoms with van der Waals surface area (Å²) < 4.78 is 9.57. The van der Waals surface area contributed by atoms with E-state index in [0.717, 1.165) is 12.1 Å². The van der Waals surface area contributed by atoms with Crippen molar-refractivity contribution in [3.05, 3.63) is 60.5 Å². The number of hydrogen-bond acceptors (Lipinski definition) is 6. The zero-order valence-corrected chi connectivity index (χ0v) is 10.9. The molecule has 2 heterocycles. The van der Waals surface area contributed by atoms with Gasteiger partial charge in [-0.15, -0.1) is 0 Å². The fraction of sp³-hybridized carbons (Fsp3) is 0. The molecular weight excluding hydrogens is 315 g/mol. The van der Waals surface area contributed by atoms with Crippen molar-refractivity contribution in [3.8, 4) is 0 Å². The molecule has 8 nitrogen and oxygen atoms in total. The molecule has 20 heavy (non-hydrogen) atoms. The molecule has 0 N–H and O–H groups in total. The summed E-state index contributed by atoms with van der Waals surface area (Å²) in [5, 5.41) is 21.1. The van der Waals surface area contributed by atoms with Gasteiger partial charge >= 0.3 is 11.8 Å². The van der Waals surface area contributed by atoms with Crippen molar-refractivity contribution in [2.75, 3.05) is 0 Å². The molecule has 0 saturated carbocycles. The third kappa shape index (κ3) is 2.65. The second-order valence-electron chi connectivity index (χ2n) is 3.43. The summed E-state index contributed by atoms with van der Waals surface area (Å²) in [7, 11) is 0. The molecule has 0 radical (unpaired) electrons. The van der Waals surface area contributed by atoms with Crippen molar-refractivity contribution in [1.82, 2.24) is 0 Å². The van der Waals surface area contributed by atoms with Crippen molar-refractivity contribution in [1.29, 1.82) is 0 Å². The number of furan rings is 2. The minimum absolute atomic E-state index is 0.0190. The number of nitrogens with zero attached hydrogens (tertiary/aromatic N) is 2. The molecule has 0 aliphatic rings. The lowest BCUT2D eigenvalue weighted by Gasteiger charge is -1.99. The van der Waals surface area contributed by atoms with Crippen LogP contribution in [0.15, 0.2) is 37.6 Å². The molecular formula is C10H4Cl2N2O6. The van der Waals surface area contributed by atoms with Gasteiger partial charge in [-0.25, -0.2) is 0 Å². The first-order valence-corrected chi connectivity index (χ1v) is 5.70. The summed E-state index contributed by atoms with van der Waals surface area (Å²) in [6.45, 7) is 0. The maximum Gasteiger partial charge on any atom is 0.433 e. The SMILES string of the molecule is O=[N+]([O-])c1ccc(C(=C(Cl)Cl)c2ccc([N+](=O)[O-])o2)o1. The first-order chi connectivity index (χ1) is 9.40. The summed E-state index contributed by atoms with van der Waals surface area (Å²) in [6.07, 6.45) is 0. The van der Waals surface area contributed by atoms with Crippen molar-refractivity contribution in [3.63, 3.8) is 0 Å². The number of nitro groups is 2. The van der Waals surface area contributed by atoms with Crippen LogP contribution in [0.2, 0.25) is 0 Å². The first kappa shape index (κ1) is 14.1. The first-order valence-electron chi connectivity index (χ1n) is 4.94. The van der Waals surface area contributed by atoms with E-state index < -0.39 is 21.6 Å². The number of halogens is 2. The Balaban J connectivity index is 2.48. The topological polar surface area (TPSA) is 113 Å². The molecule has 0 aliphatic heterocycles. The predicted octanol–water partition coefficient (Wildman–Crippen LogP) is 3.88. The lowest BCUT2D eigenvalue weighted by Crippen LogP contribution is -1.86. The zero-order chi connectivity index (χ0) is 14.9. The Morgan fingerprint density at radius 3 is 1.55 bits per heavy atom. The van der Waals surface area contributed by atoms with Crippen LogP contribution in [0.4, 0.5) is 11.8 Å². The third-order valence-corrected chi connectivity index (χ3v) is 2.60. The molecule has 0 aromatic carbocycles. The Hall–Kier alpha value is -2.32. The Bertz CT molecular complexity index is 659. The van der Waals surface area contributed by atoms with E-state index in [9.17, 15) is 20.2 Å². The molecule has 104 valence electrons. The van der Waals surface area contributed by atoms with Gasteiger partial charge in [-0.1, -0.05) is 23.2 Å². The van der Waals surface area contributed by atoms with Crippen molar-refractivity contribution >= 4 is 40.5 Å². The van der Waals surface area contributed by atoms with Crippen LogP contribution in [-0.4, -0.2) is 9.85 Å². The van der Waals surface area contributed by atoms with E-state index in [1.165, 1.54) is 12.1 Å². The highest BCUT2D eigenvalue weighted by atomic mass is 35.5. The smallest absolute Gasteiger partial charge is 0.400 e. The Labute approximate surface area is 120 Å². The van der Waals surface area contributed by atoms with Crippen molar-refractivity contribution in [2.24, 2.45) is 0 Å². The van der Waals surface area contributed by atoms with Crippen LogP contribution in [0.25, 0.3) is 5.57 Å². The normalized spacial score (nSPS) is 10.3. The van der Waals surface area contributed by atoms with Gasteiger partial charge < -0.3 is 8.83 Å². The van der Waals surface area contributed by atoms with Crippen molar-refractivity contribution < 1.29 is 18.7 Å². The Morgan fingerprint density at radius 2 is 1.30 bits per heavy atom. The van der Waals surface area contributed by atoms with Gasteiger partial charge in [0.15, 0.2) is 0 Å². The van der Waals surface area contributed by atoms with E-state index in [4.69, 9.17) is 32.0 Å². The van der Waals surface area contributed by atoms with Gasteiger partial charge in [0.2, 0.25) is 0 Å². The summed E-state index contributed by atoms with van der Waals surface area (Å²) in [6, 6.07) is 4.71. The van der Waals surface area contributed by atoms with E-state index in [1.54, 1.807) is 0 Å². The van der Waals surface area contributed by atoms with E-state index in [0.29, 0.717) is 0 Å². The molecule has 2 rings (SSSR count). The van der Waals surface area contributed by atoms with Crippen LogP contribution in [0, 0.1) is 20.2 Å². The van der Waals surface area contributed by atoms with Crippen LogP contribution in [0.1, 0.15) is 11.5 Å². The molecule has 0 saturated heterocycles. The fourth-order valence-electron chi connectivity index (χ4n) is 1.43. The maximum atomic E-state index is 10.6. The van der Waals surface area contributed by atoms with Crippen LogP contribution < -0.4 is 0 Å². The molecule has 0 aliphatic carbocycles. The van der Waals surface area contributed by atoms with Gasteiger partial charge in [-0.2, -0.15) is 0 Å². The van der Waals surface area contributed by atoms with Crippen LogP contribution in [0.5, 0.6) is 0 Å². The predicted molar refractivity (Wildman–Crippen MR) is 68.5 cm³/mol. The molecule has 10 heteroatoms. The Kier molecular flexibility index (Phi) is 3.77. The standard InChI is InChI=1S/C10H4Cl2N2O6/c11-10(12)9(5-1-3-7(19-5)13(15)16)6-2-4-8(20-6)14(17)18/h1-4H. The maximum absolute atomic E-state index is 10.6. The highest BCUT2D eigenvalue weighted by Gasteiger charge is 2.23. The molecule has 0 atom stereocenters.